The van der Waals surface area contributed by atoms with Gasteiger partial charge >= 0.3 is 5.97 Å². The van der Waals surface area contributed by atoms with Crippen molar-refractivity contribution in [3.63, 3.8) is 0 Å². The molecule has 0 N–H and O–H groups in total. The number of anilines is 1. The summed E-state index contributed by atoms with van der Waals surface area (Å²) in [6.07, 6.45) is 0. The van der Waals surface area contributed by atoms with Crippen molar-refractivity contribution < 1.29 is 19.0 Å². The maximum absolute atomic E-state index is 12.4. The maximum Gasteiger partial charge on any atom is 0.341 e. The van der Waals surface area contributed by atoms with Gasteiger partial charge in [-0.2, -0.15) is 0 Å². The van der Waals surface area contributed by atoms with Gasteiger partial charge in [-0.3, -0.25) is 4.90 Å². The number of methoxy groups -OCH3 is 2. The first kappa shape index (κ1) is 27.6. The van der Waals surface area contributed by atoms with Crippen LogP contribution in [0.25, 0.3) is 11.1 Å². The summed E-state index contributed by atoms with van der Waals surface area (Å²) in [6, 6.07) is 30.0. The smallest absolute Gasteiger partial charge is 0.341 e. The first-order valence-electron chi connectivity index (χ1n) is 13.3. The Hall–Kier alpha value is -4.00. The largest absolute Gasteiger partial charge is 0.497 e. The molecule has 40 heavy (non-hydrogen) atoms. The van der Waals surface area contributed by atoms with Crippen LogP contribution >= 0.6 is 11.6 Å². The number of esters is 1. The summed E-state index contributed by atoms with van der Waals surface area (Å²) in [6.45, 7) is 4.81. The summed E-state index contributed by atoms with van der Waals surface area (Å²) in [4.78, 5) is 17.3. The number of ether oxygens (including phenoxy) is 3. The van der Waals surface area contributed by atoms with Gasteiger partial charge in [-0.1, -0.05) is 60.1 Å². The van der Waals surface area contributed by atoms with Gasteiger partial charge in [-0.05, 0) is 58.7 Å². The van der Waals surface area contributed by atoms with Crippen molar-refractivity contribution in [1.82, 2.24) is 4.90 Å². The number of nitrogens with zero attached hydrogens (tertiary/aromatic N) is 2. The molecule has 1 saturated heterocycles. The van der Waals surface area contributed by atoms with Crippen LogP contribution in [-0.4, -0.2) is 51.3 Å². The summed E-state index contributed by atoms with van der Waals surface area (Å²) in [5.74, 6) is 0.883. The fourth-order valence-corrected chi connectivity index (χ4v) is 5.09. The van der Waals surface area contributed by atoms with Crippen molar-refractivity contribution >= 4 is 23.3 Å². The number of hydrogen-bond acceptors (Lipinski definition) is 6. The molecule has 1 heterocycles. The minimum Gasteiger partial charge on any atom is -0.497 e. The fraction of sp³-hybridized carbons (Fsp3) is 0.242. The highest BCUT2D eigenvalue weighted by Gasteiger charge is 2.21. The van der Waals surface area contributed by atoms with E-state index in [9.17, 15) is 4.79 Å². The average Bonchev–Trinajstić information content (AvgIpc) is 3.01. The van der Waals surface area contributed by atoms with E-state index in [0.29, 0.717) is 17.9 Å². The minimum absolute atomic E-state index is 0.332. The lowest BCUT2D eigenvalue weighted by Gasteiger charge is -2.36. The zero-order valence-electron chi connectivity index (χ0n) is 22.8. The number of piperazine rings is 1. The molecule has 5 rings (SSSR count). The van der Waals surface area contributed by atoms with E-state index in [4.69, 9.17) is 25.8 Å². The minimum atomic E-state index is -0.416. The van der Waals surface area contributed by atoms with Crippen LogP contribution < -0.4 is 14.4 Å². The van der Waals surface area contributed by atoms with Crippen molar-refractivity contribution in [2.45, 2.75) is 13.2 Å². The highest BCUT2D eigenvalue weighted by atomic mass is 35.5. The predicted molar refractivity (Wildman–Crippen MR) is 159 cm³/mol. The molecule has 0 aromatic heterocycles. The van der Waals surface area contributed by atoms with E-state index in [1.807, 2.05) is 48.5 Å². The van der Waals surface area contributed by atoms with Crippen LogP contribution in [-0.2, 0) is 17.9 Å². The first-order valence-corrected chi connectivity index (χ1v) is 13.7. The number of hydrogen-bond donors (Lipinski definition) is 0. The molecule has 4 aromatic carbocycles. The molecule has 0 unspecified atom stereocenters. The summed E-state index contributed by atoms with van der Waals surface area (Å²) in [5, 5.41) is 0.742. The lowest BCUT2D eigenvalue weighted by molar-refractivity contribution is 0.0595. The van der Waals surface area contributed by atoms with Crippen LogP contribution in [0.4, 0.5) is 5.69 Å². The Morgan fingerprint density at radius 1 is 0.850 bits per heavy atom. The topological polar surface area (TPSA) is 51.2 Å². The average molecular weight is 557 g/mol. The molecular weight excluding hydrogens is 524 g/mol. The molecule has 1 aliphatic rings. The van der Waals surface area contributed by atoms with E-state index < -0.39 is 5.97 Å². The molecule has 0 aliphatic carbocycles. The Balaban J connectivity index is 1.26. The Bertz CT molecular complexity index is 1430. The van der Waals surface area contributed by atoms with Crippen LogP contribution in [0.3, 0.4) is 0 Å². The van der Waals surface area contributed by atoms with E-state index >= 15 is 0 Å². The van der Waals surface area contributed by atoms with E-state index in [2.05, 4.69) is 46.2 Å². The van der Waals surface area contributed by atoms with Crippen molar-refractivity contribution in [3.05, 3.63) is 113 Å². The molecule has 0 bridgehead atoms. The Kier molecular flexibility index (Phi) is 8.89. The van der Waals surface area contributed by atoms with Crippen LogP contribution in [0.1, 0.15) is 21.5 Å². The molecule has 0 saturated carbocycles. The Morgan fingerprint density at radius 3 is 2.27 bits per heavy atom. The van der Waals surface area contributed by atoms with E-state index in [-0.39, 0.29) is 0 Å². The highest BCUT2D eigenvalue weighted by molar-refractivity contribution is 6.30. The molecule has 0 amide bonds. The Morgan fingerprint density at radius 2 is 1.57 bits per heavy atom. The number of halogens is 1. The normalized spacial score (nSPS) is 13.6. The van der Waals surface area contributed by atoms with Gasteiger partial charge < -0.3 is 19.1 Å². The predicted octanol–water partition coefficient (Wildman–Crippen LogP) is 6.70. The third kappa shape index (κ3) is 6.58. The number of carbonyl (C=O) groups excluding carboxylic acids is 1. The third-order valence-electron chi connectivity index (χ3n) is 7.23. The number of rotatable bonds is 9. The van der Waals surface area contributed by atoms with Crippen molar-refractivity contribution in [1.29, 1.82) is 0 Å². The second-order valence-corrected chi connectivity index (χ2v) is 10.2. The molecule has 4 aromatic rings. The summed E-state index contributed by atoms with van der Waals surface area (Å²) in [7, 11) is 3.02. The van der Waals surface area contributed by atoms with Gasteiger partial charge in [-0.15, -0.1) is 0 Å². The maximum atomic E-state index is 12.4. The molecule has 6 nitrogen and oxygen atoms in total. The standard InChI is InChI=1S/C33H33ClN2O4/c1-38-29-14-7-24(8-15-29)23-40-32-21-28(13-16-31(32)33(37)39-2)36-19-17-35(18-20-36)22-26-5-3-4-6-30(26)25-9-11-27(34)12-10-25/h3-16,21H,17-20,22-23H2,1-2H3. The molecule has 0 spiro atoms. The molecule has 7 heteroatoms. The van der Waals surface area contributed by atoms with Gasteiger partial charge in [0.1, 0.15) is 23.7 Å². The third-order valence-corrected chi connectivity index (χ3v) is 7.48. The monoisotopic (exact) mass is 556 g/mol. The lowest BCUT2D eigenvalue weighted by atomic mass is 9.99. The SMILES string of the molecule is COC(=O)c1ccc(N2CCN(Cc3ccccc3-c3ccc(Cl)cc3)CC2)cc1OCc1ccc(OC)cc1. The summed E-state index contributed by atoms with van der Waals surface area (Å²) in [5.41, 5.74) is 6.13. The Labute approximate surface area is 240 Å². The zero-order chi connectivity index (χ0) is 27.9. The van der Waals surface area contributed by atoms with Gasteiger partial charge in [0, 0.05) is 49.5 Å². The van der Waals surface area contributed by atoms with Gasteiger partial charge in [0.15, 0.2) is 0 Å². The molecule has 1 fully saturated rings. The lowest BCUT2D eigenvalue weighted by Crippen LogP contribution is -2.46. The van der Waals surface area contributed by atoms with Crippen molar-refractivity contribution in [3.8, 4) is 22.6 Å². The second-order valence-electron chi connectivity index (χ2n) is 9.74. The van der Waals surface area contributed by atoms with Gasteiger partial charge in [0.05, 0.1) is 14.2 Å². The molecule has 0 radical (unpaired) electrons. The molecule has 0 atom stereocenters. The van der Waals surface area contributed by atoms with E-state index in [1.165, 1.54) is 23.8 Å². The van der Waals surface area contributed by atoms with Crippen LogP contribution in [0.15, 0.2) is 91.0 Å². The molecule has 1 aliphatic heterocycles. The highest BCUT2D eigenvalue weighted by Crippen LogP contribution is 2.30. The van der Waals surface area contributed by atoms with Crippen LogP contribution in [0.5, 0.6) is 11.5 Å². The van der Waals surface area contributed by atoms with Crippen LogP contribution in [0, 0.1) is 0 Å². The number of carbonyl (C=O) groups is 1. The molecular formula is C33H33ClN2O4. The van der Waals surface area contributed by atoms with Gasteiger partial charge in [0.2, 0.25) is 0 Å². The van der Waals surface area contributed by atoms with Crippen molar-refractivity contribution in [2.24, 2.45) is 0 Å². The van der Waals surface area contributed by atoms with Crippen LogP contribution in [0.2, 0.25) is 5.02 Å². The van der Waals surface area contributed by atoms with E-state index in [0.717, 1.165) is 54.7 Å². The van der Waals surface area contributed by atoms with Crippen molar-refractivity contribution in [2.75, 3.05) is 45.3 Å². The summed E-state index contributed by atoms with van der Waals surface area (Å²) >= 11 is 6.11. The number of benzene rings is 4. The summed E-state index contributed by atoms with van der Waals surface area (Å²) < 4.78 is 16.4. The fourth-order valence-electron chi connectivity index (χ4n) is 4.96. The van der Waals surface area contributed by atoms with E-state index in [1.54, 1.807) is 13.2 Å². The second kappa shape index (κ2) is 12.9. The molecule has 206 valence electrons. The van der Waals surface area contributed by atoms with Gasteiger partial charge in [0.25, 0.3) is 0 Å². The zero-order valence-corrected chi connectivity index (χ0v) is 23.6. The van der Waals surface area contributed by atoms with Gasteiger partial charge in [-0.25, -0.2) is 4.79 Å². The quantitative estimate of drug-likeness (QED) is 0.214. The first-order chi connectivity index (χ1) is 19.5.